The van der Waals surface area contributed by atoms with Gasteiger partial charge in [-0.1, -0.05) is 0 Å². The standard InChI is InChI=1S/C7H12N2OS/c1-10-4-7(9-8)6-2-3-11-5-6/h2-3,5,7,9H,4,8H2,1H3. The molecule has 3 nitrogen and oxygen atoms in total. The predicted octanol–water partition coefficient (Wildman–Crippen LogP) is 0.899. The topological polar surface area (TPSA) is 47.3 Å². The molecule has 0 bridgehead atoms. The molecular formula is C7H12N2OS. The molecule has 1 heterocycles. The van der Waals surface area contributed by atoms with Crippen molar-refractivity contribution in [1.29, 1.82) is 0 Å². The molecule has 1 unspecified atom stereocenters. The molecule has 11 heavy (non-hydrogen) atoms. The molecule has 3 N–H and O–H groups in total. The number of nitrogens with one attached hydrogen (secondary N) is 1. The lowest BCUT2D eigenvalue weighted by molar-refractivity contribution is 0.167. The van der Waals surface area contributed by atoms with Gasteiger partial charge in [0, 0.05) is 7.11 Å². The molecule has 4 heteroatoms. The Kier molecular flexibility index (Phi) is 3.51. The van der Waals surface area contributed by atoms with Gasteiger partial charge in [0.25, 0.3) is 0 Å². The van der Waals surface area contributed by atoms with Gasteiger partial charge in [0.1, 0.15) is 0 Å². The number of hydrogen-bond donors (Lipinski definition) is 2. The van der Waals surface area contributed by atoms with E-state index in [2.05, 4.69) is 10.8 Å². The smallest absolute Gasteiger partial charge is 0.0701 e. The summed E-state index contributed by atoms with van der Waals surface area (Å²) in [5.41, 5.74) is 3.87. The summed E-state index contributed by atoms with van der Waals surface area (Å²) in [5.74, 6) is 5.32. The molecule has 1 atom stereocenters. The molecule has 0 amide bonds. The molecule has 0 aliphatic carbocycles. The lowest BCUT2D eigenvalue weighted by atomic mass is 10.2. The van der Waals surface area contributed by atoms with Crippen LogP contribution >= 0.6 is 11.3 Å². The lowest BCUT2D eigenvalue weighted by Gasteiger charge is -2.12. The summed E-state index contributed by atoms with van der Waals surface area (Å²) in [4.78, 5) is 0. The van der Waals surface area contributed by atoms with Gasteiger partial charge in [-0.05, 0) is 22.4 Å². The van der Waals surface area contributed by atoms with Crippen LogP contribution in [0.15, 0.2) is 16.8 Å². The van der Waals surface area contributed by atoms with Gasteiger partial charge in [-0.25, -0.2) is 0 Å². The predicted molar refractivity (Wildman–Crippen MR) is 46.3 cm³/mol. The van der Waals surface area contributed by atoms with Crippen molar-refractivity contribution >= 4 is 11.3 Å². The first-order valence-corrected chi connectivity index (χ1v) is 4.30. The Morgan fingerprint density at radius 2 is 2.64 bits per heavy atom. The van der Waals surface area contributed by atoms with Crippen LogP contribution in [0, 0.1) is 0 Å². The zero-order valence-electron chi connectivity index (χ0n) is 6.41. The number of ether oxygens (including phenoxy) is 1. The van der Waals surface area contributed by atoms with Crippen LogP contribution in [0.3, 0.4) is 0 Å². The van der Waals surface area contributed by atoms with Crippen LogP contribution in [-0.2, 0) is 4.74 Å². The maximum atomic E-state index is 5.32. The number of hydrogen-bond acceptors (Lipinski definition) is 4. The molecule has 0 fully saturated rings. The van der Waals surface area contributed by atoms with Gasteiger partial charge in [-0.15, -0.1) is 0 Å². The quantitative estimate of drug-likeness (QED) is 0.524. The second kappa shape index (κ2) is 4.46. The van der Waals surface area contributed by atoms with Crippen molar-refractivity contribution in [1.82, 2.24) is 5.43 Å². The largest absolute Gasteiger partial charge is 0.383 e. The first kappa shape index (κ1) is 8.67. The van der Waals surface area contributed by atoms with Gasteiger partial charge in [0.15, 0.2) is 0 Å². The van der Waals surface area contributed by atoms with E-state index in [-0.39, 0.29) is 6.04 Å². The molecule has 0 aromatic carbocycles. The number of thiophene rings is 1. The van der Waals surface area contributed by atoms with E-state index in [0.717, 1.165) is 0 Å². The number of hydrazine groups is 1. The average Bonchev–Trinajstić information content (AvgIpc) is 2.52. The first-order chi connectivity index (χ1) is 5.38. The molecule has 0 aliphatic rings. The normalized spacial score (nSPS) is 13.3. The fourth-order valence-electron chi connectivity index (χ4n) is 0.881. The minimum absolute atomic E-state index is 0.117. The molecule has 0 saturated heterocycles. The minimum atomic E-state index is 0.117. The fourth-order valence-corrected chi connectivity index (χ4v) is 1.59. The van der Waals surface area contributed by atoms with Gasteiger partial charge >= 0.3 is 0 Å². The van der Waals surface area contributed by atoms with Crippen LogP contribution in [0.1, 0.15) is 11.6 Å². The van der Waals surface area contributed by atoms with Crippen molar-refractivity contribution in [2.45, 2.75) is 6.04 Å². The average molecular weight is 172 g/mol. The Morgan fingerprint density at radius 3 is 3.09 bits per heavy atom. The van der Waals surface area contributed by atoms with Crippen LogP contribution in [0.25, 0.3) is 0 Å². The van der Waals surface area contributed by atoms with Gasteiger partial charge in [0.05, 0.1) is 12.6 Å². The molecule has 0 saturated carbocycles. The Hall–Kier alpha value is -0.420. The molecule has 1 rings (SSSR count). The first-order valence-electron chi connectivity index (χ1n) is 3.35. The Labute approximate surface area is 70.1 Å². The van der Waals surface area contributed by atoms with Crippen LogP contribution in [0.2, 0.25) is 0 Å². The third kappa shape index (κ3) is 2.27. The molecule has 0 aliphatic heterocycles. The monoisotopic (exact) mass is 172 g/mol. The van der Waals surface area contributed by atoms with E-state index in [0.29, 0.717) is 6.61 Å². The summed E-state index contributed by atoms with van der Waals surface area (Å²) >= 11 is 1.66. The van der Waals surface area contributed by atoms with Gasteiger partial charge < -0.3 is 4.74 Å². The van der Waals surface area contributed by atoms with Gasteiger partial charge in [-0.3, -0.25) is 11.3 Å². The number of methoxy groups -OCH3 is 1. The van der Waals surface area contributed by atoms with Gasteiger partial charge in [-0.2, -0.15) is 11.3 Å². The molecular weight excluding hydrogens is 160 g/mol. The van der Waals surface area contributed by atoms with Gasteiger partial charge in [0.2, 0.25) is 0 Å². The minimum Gasteiger partial charge on any atom is -0.383 e. The number of nitrogens with two attached hydrogens (primary N) is 1. The summed E-state index contributed by atoms with van der Waals surface area (Å²) in [5, 5.41) is 4.08. The van der Waals surface area contributed by atoms with Crippen LogP contribution < -0.4 is 11.3 Å². The zero-order valence-corrected chi connectivity index (χ0v) is 7.23. The van der Waals surface area contributed by atoms with Crippen molar-refractivity contribution in [2.24, 2.45) is 5.84 Å². The summed E-state index contributed by atoms with van der Waals surface area (Å²) in [6.45, 7) is 0.604. The SMILES string of the molecule is COCC(NN)c1ccsc1. The molecule has 62 valence electrons. The van der Waals surface area contributed by atoms with E-state index < -0.39 is 0 Å². The van der Waals surface area contributed by atoms with E-state index in [9.17, 15) is 0 Å². The maximum absolute atomic E-state index is 5.32. The molecule has 0 spiro atoms. The highest BCUT2D eigenvalue weighted by atomic mass is 32.1. The Balaban J connectivity index is 2.56. The lowest BCUT2D eigenvalue weighted by Crippen LogP contribution is -2.30. The summed E-state index contributed by atoms with van der Waals surface area (Å²) in [6.07, 6.45) is 0. The van der Waals surface area contributed by atoms with Crippen molar-refractivity contribution in [2.75, 3.05) is 13.7 Å². The van der Waals surface area contributed by atoms with E-state index in [1.165, 1.54) is 5.56 Å². The fraction of sp³-hybridized carbons (Fsp3) is 0.429. The van der Waals surface area contributed by atoms with Crippen LogP contribution in [0.5, 0.6) is 0 Å². The van der Waals surface area contributed by atoms with Crippen molar-refractivity contribution in [3.8, 4) is 0 Å². The third-order valence-corrected chi connectivity index (χ3v) is 2.18. The Bertz CT molecular complexity index is 188. The highest BCUT2D eigenvalue weighted by Crippen LogP contribution is 2.15. The molecule has 0 radical (unpaired) electrons. The zero-order chi connectivity index (χ0) is 8.10. The summed E-state index contributed by atoms with van der Waals surface area (Å²) in [7, 11) is 1.66. The second-order valence-corrected chi connectivity index (χ2v) is 3.01. The van der Waals surface area contributed by atoms with Crippen molar-refractivity contribution in [3.05, 3.63) is 22.4 Å². The summed E-state index contributed by atoms with van der Waals surface area (Å²) < 4.78 is 4.98. The molecule has 1 aromatic rings. The molecule has 1 aromatic heterocycles. The Morgan fingerprint density at radius 1 is 1.82 bits per heavy atom. The third-order valence-electron chi connectivity index (χ3n) is 1.48. The van der Waals surface area contributed by atoms with E-state index in [1.807, 2.05) is 11.4 Å². The summed E-state index contributed by atoms with van der Waals surface area (Å²) in [6, 6.07) is 2.15. The van der Waals surface area contributed by atoms with E-state index >= 15 is 0 Å². The highest BCUT2D eigenvalue weighted by Gasteiger charge is 2.07. The van der Waals surface area contributed by atoms with Crippen LogP contribution in [-0.4, -0.2) is 13.7 Å². The second-order valence-electron chi connectivity index (χ2n) is 2.23. The van der Waals surface area contributed by atoms with Crippen LogP contribution in [0.4, 0.5) is 0 Å². The highest BCUT2D eigenvalue weighted by molar-refractivity contribution is 7.07. The van der Waals surface area contributed by atoms with E-state index in [1.54, 1.807) is 18.4 Å². The number of rotatable bonds is 4. The van der Waals surface area contributed by atoms with Crippen molar-refractivity contribution in [3.63, 3.8) is 0 Å². The van der Waals surface area contributed by atoms with E-state index in [4.69, 9.17) is 10.6 Å². The van der Waals surface area contributed by atoms with Crippen molar-refractivity contribution < 1.29 is 4.74 Å². The maximum Gasteiger partial charge on any atom is 0.0701 e.